The van der Waals surface area contributed by atoms with Crippen molar-refractivity contribution in [3.05, 3.63) is 63.1 Å². The standard InChI is InChI=1S/C17H17BrCl2O/c1-21-17-6-5-16(20)10-14(17)8-13(11-19)7-12-3-2-4-15(18)9-12/h2-6,9-10,13H,7-8,11H2,1H3. The van der Waals surface area contributed by atoms with Gasteiger partial charge in [-0.25, -0.2) is 0 Å². The van der Waals surface area contributed by atoms with Crippen LogP contribution in [0, 0.1) is 5.92 Å². The zero-order chi connectivity index (χ0) is 15.2. The lowest BCUT2D eigenvalue weighted by atomic mass is 9.93. The molecule has 0 N–H and O–H groups in total. The second kappa shape index (κ2) is 8.07. The smallest absolute Gasteiger partial charge is 0.122 e. The van der Waals surface area contributed by atoms with Crippen LogP contribution in [0.3, 0.4) is 0 Å². The number of hydrogen-bond acceptors (Lipinski definition) is 1. The first-order chi connectivity index (χ1) is 10.1. The molecule has 1 atom stereocenters. The van der Waals surface area contributed by atoms with E-state index in [1.807, 2.05) is 30.3 Å². The van der Waals surface area contributed by atoms with Gasteiger partial charge in [0.2, 0.25) is 0 Å². The van der Waals surface area contributed by atoms with Gasteiger partial charge in [0.1, 0.15) is 5.75 Å². The second-order valence-corrected chi connectivity index (χ2v) is 6.68. The van der Waals surface area contributed by atoms with Gasteiger partial charge in [-0.05, 0) is 60.2 Å². The molecule has 0 spiro atoms. The number of ether oxygens (including phenoxy) is 1. The number of halogens is 3. The van der Waals surface area contributed by atoms with E-state index in [0.29, 0.717) is 11.8 Å². The van der Waals surface area contributed by atoms with Crippen molar-refractivity contribution in [1.82, 2.24) is 0 Å². The molecule has 0 bridgehead atoms. The first-order valence-corrected chi connectivity index (χ1v) is 8.45. The van der Waals surface area contributed by atoms with E-state index < -0.39 is 0 Å². The Morgan fingerprint density at radius 3 is 2.62 bits per heavy atom. The fourth-order valence-corrected chi connectivity index (χ4v) is 3.26. The van der Waals surface area contributed by atoms with Crippen molar-refractivity contribution >= 4 is 39.1 Å². The minimum Gasteiger partial charge on any atom is -0.496 e. The Bertz CT molecular complexity index is 601. The summed E-state index contributed by atoms with van der Waals surface area (Å²) >= 11 is 15.7. The lowest BCUT2D eigenvalue weighted by Crippen LogP contribution is -2.11. The Kier molecular flexibility index (Phi) is 6.40. The van der Waals surface area contributed by atoms with E-state index in [2.05, 4.69) is 28.1 Å². The van der Waals surface area contributed by atoms with Crippen LogP contribution in [-0.2, 0) is 12.8 Å². The molecule has 21 heavy (non-hydrogen) atoms. The second-order valence-electron chi connectivity index (χ2n) is 5.01. The molecular formula is C17H17BrCl2O. The third kappa shape index (κ3) is 4.91. The molecule has 0 aliphatic heterocycles. The molecule has 0 fully saturated rings. The Labute approximate surface area is 144 Å². The Hall–Kier alpha value is -0.700. The fourth-order valence-electron chi connectivity index (χ4n) is 2.40. The zero-order valence-corrected chi connectivity index (χ0v) is 14.9. The van der Waals surface area contributed by atoms with E-state index in [-0.39, 0.29) is 0 Å². The molecule has 2 rings (SSSR count). The predicted octanol–water partition coefficient (Wildman–Crippen LogP) is 5.75. The quantitative estimate of drug-likeness (QED) is 0.573. The number of alkyl halides is 1. The van der Waals surface area contributed by atoms with Crippen LogP contribution in [-0.4, -0.2) is 13.0 Å². The van der Waals surface area contributed by atoms with Gasteiger partial charge in [0.05, 0.1) is 7.11 Å². The molecule has 0 saturated heterocycles. The summed E-state index contributed by atoms with van der Waals surface area (Å²) in [6.45, 7) is 0. The summed E-state index contributed by atoms with van der Waals surface area (Å²) in [6.07, 6.45) is 1.78. The van der Waals surface area contributed by atoms with Gasteiger partial charge in [0.25, 0.3) is 0 Å². The largest absolute Gasteiger partial charge is 0.496 e. The molecule has 0 amide bonds. The molecular weight excluding hydrogens is 371 g/mol. The van der Waals surface area contributed by atoms with Crippen molar-refractivity contribution < 1.29 is 4.74 Å². The highest BCUT2D eigenvalue weighted by Gasteiger charge is 2.13. The van der Waals surface area contributed by atoms with Crippen LogP contribution in [0.5, 0.6) is 5.75 Å². The van der Waals surface area contributed by atoms with Crippen molar-refractivity contribution in [1.29, 1.82) is 0 Å². The van der Waals surface area contributed by atoms with Crippen molar-refractivity contribution in [3.8, 4) is 5.75 Å². The Morgan fingerprint density at radius 1 is 1.14 bits per heavy atom. The third-order valence-electron chi connectivity index (χ3n) is 3.38. The molecule has 1 nitrogen and oxygen atoms in total. The number of hydrogen-bond donors (Lipinski definition) is 0. The molecule has 0 aliphatic rings. The number of rotatable bonds is 6. The minimum atomic E-state index is 0.341. The van der Waals surface area contributed by atoms with Gasteiger partial charge >= 0.3 is 0 Å². The minimum absolute atomic E-state index is 0.341. The SMILES string of the molecule is COc1ccc(Cl)cc1CC(CCl)Cc1cccc(Br)c1. The summed E-state index contributed by atoms with van der Waals surface area (Å²) < 4.78 is 6.50. The molecule has 2 aromatic rings. The van der Waals surface area contributed by atoms with Gasteiger partial charge in [0, 0.05) is 15.4 Å². The van der Waals surface area contributed by atoms with Crippen LogP contribution < -0.4 is 4.74 Å². The number of benzene rings is 2. The highest BCUT2D eigenvalue weighted by molar-refractivity contribution is 9.10. The molecule has 2 aromatic carbocycles. The average molecular weight is 388 g/mol. The van der Waals surface area contributed by atoms with Gasteiger partial charge < -0.3 is 4.74 Å². The fraction of sp³-hybridized carbons (Fsp3) is 0.294. The summed E-state index contributed by atoms with van der Waals surface area (Å²) in [5.74, 6) is 1.81. The Morgan fingerprint density at radius 2 is 1.95 bits per heavy atom. The monoisotopic (exact) mass is 386 g/mol. The van der Waals surface area contributed by atoms with Crippen LogP contribution in [0.1, 0.15) is 11.1 Å². The summed E-state index contributed by atoms with van der Waals surface area (Å²) in [5, 5.41) is 0.724. The molecule has 0 aromatic heterocycles. The summed E-state index contributed by atoms with van der Waals surface area (Å²) in [7, 11) is 1.68. The third-order valence-corrected chi connectivity index (χ3v) is 4.55. The molecule has 112 valence electrons. The van der Waals surface area contributed by atoms with E-state index in [1.54, 1.807) is 7.11 Å². The summed E-state index contributed by atoms with van der Waals surface area (Å²) in [5.41, 5.74) is 2.38. The maximum absolute atomic E-state index is 6.16. The lowest BCUT2D eigenvalue weighted by Gasteiger charge is -2.16. The molecule has 0 radical (unpaired) electrons. The number of methoxy groups -OCH3 is 1. The van der Waals surface area contributed by atoms with Gasteiger partial charge in [-0.3, -0.25) is 0 Å². The average Bonchev–Trinajstić information content (AvgIpc) is 2.47. The van der Waals surface area contributed by atoms with Crippen LogP contribution in [0.4, 0.5) is 0 Å². The lowest BCUT2D eigenvalue weighted by molar-refractivity contribution is 0.405. The van der Waals surface area contributed by atoms with Crippen molar-refractivity contribution in [2.75, 3.05) is 13.0 Å². The maximum Gasteiger partial charge on any atom is 0.122 e. The van der Waals surface area contributed by atoms with E-state index >= 15 is 0 Å². The highest BCUT2D eigenvalue weighted by Crippen LogP contribution is 2.27. The normalized spacial score (nSPS) is 12.2. The first-order valence-electron chi connectivity index (χ1n) is 6.75. The van der Waals surface area contributed by atoms with Crippen LogP contribution >= 0.6 is 39.1 Å². The summed E-state index contributed by atoms with van der Waals surface area (Å²) in [6, 6.07) is 14.0. The van der Waals surface area contributed by atoms with Gasteiger partial charge in [-0.2, -0.15) is 0 Å². The van der Waals surface area contributed by atoms with E-state index in [9.17, 15) is 0 Å². The van der Waals surface area contributed by atoms with E-state index in [0.717, 1.165) is 33.6 Å². The molecule has 1 unspecified atom stereocenters. The van der Waals surface area contributed by atoms with Gasteiger partial charge in [0.15, 0.2) is 0 Å². The van der Waals surface area contributed by atoms with Crippen LogP contribution in [0.2, 0.25) is 5.02 Å². The van der Waals surface area contributed by atoms with Gasteiger partial charge in [-0.1, -0.05) is 39.7 Å². The molecule has 0 aliphatic carbocycles. The van der Waals surface area contributed by atoms with E-state index in [4.69, 9.17) is 27.9 Å². The van der Waals surface area contributed by atoms with E-state index in [1.165, 1.54) is 5.56 Å². The van der Waals surface area contributed by atoms with Gasteiger partial charge in [-0.15, -0.1) is 11.6 Å². The predicted molar refractivity (Wildman–Crippen MR) is 93.8 cm³/mol. The Balaban J connectivity index is 2.14. The molecule has 4 heteroatoms. The van der Waals surface area contributed by atoms with Crippen molar-refractivity contribution in [2.45, 2.75) is 12.8 Å². The van der Waals surface area contributed by atoms with Crippen molar-refractivity contribution in [2.24, 2.45) is 5.92 Å². The van der Waals surface area contributed by atoms with Crippen LogP contribution in [0.25, 0.3) is 0 Å². The maximum atomic E-state index is 6.16. The summed E-state index contributed by atoms with van der Waals surface area (Å²) in [4.78, 5) is 0. The molecule has 0 saturated carbocycles. The van der Waals surface area contributed by atoms with Crippen molar-refractivity contribution in [3.63, 3.8) is 0 Å². The highest BCUT2D eigenvalue weighted by atomic mass is 79.9. The topological polar surface area (TPSA) is 9.23 Å². The first kappa shape index (κ1) is 16.7. The van der Waals surface area contributed by atoms with Crippen LogP contribution in [0.15, 0.2) is 46.9 Å². The zero-order valence-electron chi connectivity index (χ0n) is 11.8. The molecule has 0 heterocycles.